The van der Waals surface area contributed by atoms with E-state index < -0.39 is 0 Å². The predicted molar refractivity (Wildman–Crippen MR) is 118 cm³/mol. The second-order valence-corrected chi connectivity index (χ2v) is 8.48. The Bertz CT molecular complexity index is 1020. The van der Waals surface area contributed by atoms with Crippen LogP contribution in [-0.4, -0.2) is 39.2 Å². The number of hydrogen-bond acceptors (Lipinski definition) is 5. The summed E-state index contributed by atoms with van der Waals surface area (Å²) >= 11 is 2.74. The van der Waals surface area contributed by atoms with Gasteiger partial charge in [-0.3, -0.25) is 14.2 Å². The van der Waals surface area contributed by atoms with Gasteiger partial charge in [0, 0.05) is 13.1 Å². The van der Waals surface area contributed by atoms with Crippen LogP contribution in [0.3, 0.4) is 0 Å². The number of nitrogens with zero attached hydrogens (tertiary/aromatic N) is 3. The Hall–Kier alpha value is -2.12. The van der Waals surface area contributed by atoms with Gasteiger partial charge in [-0.25, -0.2) is 4.98 Å². The lowest BCUT2D eigenvalue weighted by atomic mass is 10.2. The molecule has 0 radical (unpaired) electrons. The monoisotopic (exact) mass is 415 g/mol. The first-order valence-electron chi connectivity index (χ1n) is 9.53. The zero-order valence-corrected chi connectivity index (χ0v) is 18.1. The molecule has 3 aromatic rings. The Balaban J connectivity index is 1.98. The van der Waals surface area contributed by atoms with E-state index in [0.717, 1.165) is 37.2 Å². The minimum atomic E-state index is -0.0804. The molecule has 2 heterocycles. The summed E-state index contributed by atoms with van der Waals surface area (Å²) in [6.45, 7) is 7.64. The van der Waals surface area contributed by atoms with E-state index in [-0.39, 0.29) is 17.2 Å². The summed E-state index contributed by atoms with van der Waals surface area (Å²) in [5, 5.41) is 2.44. The number of carbonyl (C=O) groups is 1. The summed E-state index contributed by atoms with van der Waals surface area (Å²) in [6, 6.07) is 9.62. The van der Waals surface area contributed by atoms with Gasteiger partial charge in [-0.05, 0) is 42.8 Å². The Labute approximate surface area is 173 Å². The molecule has 0 aliphatic carbocycles. The van der Waals surface area contributed by atoms with Crippen LogP contribution in [0, 0.1) is 6.92 Å². The van der Waals surface area contributed by atoms with Gasteiger partial charge in [0.25, 0.3) is 5.56 Å². The molecule has 5 nitrogen and oxygen atoms in total. The van der Waals surface area contributed by atoms with Crippen LogP contribution in [0.4, 0.5) is 0 Å². The molecule has 148 valence electrons. The molecule has 3 rings (SSSR count). The van der Waals surface area contributed by atoms with E-state index in [1.54, 1.807) is 4.57 Å². The molecule has 0 saturated carbocycles. The van der Waals surface area contributed by atoms with Crippen LogP contribution < -0.4 is 5.56 Å². The fourth-order valence-electron chi connectivity index (χ4n) is 3.13. The SMILES string of the molecule is CCCN(CCC)C(=O)CSc1nc2ccsc2c(=O)n1-c1ccccc1C. The molecule has 1 aromatic carbocycles. The topological polar surface area (TPSA) is 55.2 Å². The highest BCUT2D eigenvalue weighted by molar-refractivity contribution is 7.99. The first kappa shape index (κ1) is 20.6. The standard InChI is InChI=1S/C21H25N3O2S2/c1-4-11-23(12-5-2)18(25)14-28-21-22-16-10-13-27-19(16)20(26)24(21)17-9-7-6-8-15(17)3/h6-10,13H,4-5,11-12,14H2,1-3H3. The molecule has 0 atom stereocenters. The zero-order valence-electron chi connectivity index (χ0n) is 16.5. The van der Waals surface area contributed by atoms with E-state index in [0.29, 0.717) is 15.4 Å². The predicted octanol–water partition coefficient (Wildman–Crippen LogP) is 4.50. The van der Waals surface area contributed by atoms with Crippen LogP contribution >= 0.6 is 23.1 Å². The Morgan fingerprint density at radius 3 is 2.57 bits per heavy atom. The summed E-state index contributed by atoms with van der Waals surface area (Å²) < 4.78 is 2.29. The number of para-hydroxylation sites is 1. The quantitative estimate of drug-likeness (QED) is 0.402. The number of hydrogen-bond donors (Lipinski definition) is 0. The highest BCUT2D eigenvalue weighted by atomic mass is 32.2. The second kappa shape index (κ2) is 9.39. The Morgan fingerprint density at radius 1 is 1.18 bits per heavy atom. The summed E-state index contributed by atoms with van der Waals surface area (Å²) in [4.78, 5) is 32.5. The van der Waals surface area contributed by atoms with Crippen molar-refractivity contribution in [2.24, 2.45) is 0 Å². The molecule has 0 saturated heterocycles. The van der Waals surface area contributed by atoms with Crippen molar-refractivity contribution < 1.29 is 4.79 Å². The Kier molecular flexibility index (Phi) is 6.91. The number of carbonyl (C=O) groups excluding carboxylic acids is 1. The molecule has 0 fully saturated rings. The fourth-order valence-corrected chi connectivity index (χ4v) is 4.80. The summed E-state index contributed by atoms with van der Waals surface area (Å²) in [5.74, 6) is 0.359. The summed E-state index contributed by atoms with van der Waals surface area (Å²) in [5.41, 5.74) is 2.41. The van der Waals surface area contributed by atoms with E-state index in [2.05, 4.69) is 13.8 Å². The largest absolute Gasteiger partial charge is 0.342 e. The van der Waals surface area contributed by atoms with E-state index in [1.807, 2.05) is 47.5 Å². The molecule has 1 amide bonds. The number of thiophene rings is 1. The number of rotatable bonds is 8. The second-order valence-electron chi connectivity index (χ2n) is 6.63. The molecule has 28 heavy (non-hydrogen) atoms. The summed E-state index contributed by atoms with van der Waals surface area (Å²) in [7, 11) is 0. The van der Waals surface area contributed by atoms with Crippen LogP contribution in [0.2, 0.25) is 0 Å². The Morgan fingerprint density at radius 2 is 1.89 bits per heavy atom. The minimum Gasteiger partial charge on any atom is -0.342 e. The van der Waals surface area contributed by atoms with Gasteiger partial charge in [0.2, 0.25) is 5.91 Å². The van der Waals surface area contributed by atoms with Gasteiger partial charge in [-0.2, -0.15) is 0 Å². The number of aryl methyl sites for hydroxylation is 1. The maximum absolute atomic E-state index is 13.2. The molecule has 0 bridgehead atoms. The van der Waals surface area contributed by atoms with Crippen LogP contribution in [0.1, 0.15) is 32.3 Å². The maximum atomic E-state index is 13.2. The van der Waals surface area contributed by atoms with Crippen molar-refractivity contribution in [3.05, 3.63) is 51.6 Å². The minimum absolute atomic E-state index is 0.0804. The lowest BCUT2D eigenvalue weighted by molar-refractivity contribution is -0.128. The van der Waals surface area contributed by atoms with E-state index in [9.17, 15) is 9.59 Å². The van der Waals surface area contributed by atoms with E-state index >= 15 is 0 Å². The number of amides is 1. The van der Waals surface area contributed by atoms with E-state index in [1.165, 1.54) is 23.1 Å². The lowest BCUT2D eigenvalue weighted by Crippen LogP contribution is -2.34. The molecule has 2 aromatic heterocycles. The van der Waals surface area contributed by atoms with Crippen LogP contribution in [0.25, 0.3) is 15.9 Å². The fraction of sp³-hybridized carbons (Fsp3) is 0.381. The average molecular weight is 416 g/mol. The third kappa shape index (κ3) is 4.31. The molecular weight excluding hydrogens is 390 g/mol. The number of benzene rings is 1. The van der Waals surface area contributed by atoms with Crippen LogP contribution in [0.15, 0.2) is 45.7 Å². The highest BCUT2D eigenvalue weighted by Gasteiger charge is 2.18. The lowest BCUT2D eigenvalue weighted by Gasteiger charge is -2.21. The zero-order chi connectivity index (χ0) is 20.1. The number of thioether (sulfide) groups is 1. The van der Waals surface area contributed by atoms with Crippen molar-refractivity contribution in [2.45, 2.75) is 38.8 Å². The smallest absolute Gasteiger partial charge is 0.276 e. The van der Waals surface area contributed by atoms with Gasteiger partial charge >= 0.3 is 0 Å². The molecule has 0 aliphatic rings. The van der Waals surface area contributed by atoms with Crippen molar-refractivity contribution in [1.29, 1.82) is 0 Å². The summed E-state index contributed by atoms with van der Waals surface area (Å²) in [6.07, 6.45) is 1.87. The molecule has 0 unspecified atom stereocenters. The molecule has 7 heteroatoms. The number of aromatic nitrogens is 2. The van der Waals surface area contributed by atoms with Gasteiger partial charge in [-0.1, -0.05) is 43.8 Å². The van der Waals surface area contributed by atoms with Crippen molar-refractivity contribution in [1.82, 2.24) is 14.5 Å². The first-order chi connectivity index (χ1) is 13.6. The molecular formula is C21H25N3O2S2. The van der Waals surface area contributed by atoms with Gasteiger partial charge in [-0.15, -0.1) is 11.3 Å². The number of fused-ring (bicyclic) bond motifs is 1. The van der Waals surface area contributed by atoms with Crippen molar-refractivity contribution in [2.75, 3.05) is 18.8 Å². The van der Waals surface area contributed by atoms with Crippen molar-refractivity contribution in [3.8, 4) is 5.69 Å². The van der Waals surface area contributed by atoms with Crippen molar-refractivity contribution >= 4 is 39.2 Å². The van der Waals surface area contributed by atoms with Crippen molar-refractivity contribution in [3.63, 3.8) is 0 Å². The third-order valence-corrected chi connectivity index (χ3v) is 6.28. The average Bonchev–Trinajstić information content (AvgIpc) is 3.16. The normalized spacial score (nSPS) is 11.1. The van der Waals surface area contributed by atoms with Crippen LogP contribution in [0.5, 0.6) is 0 Å². The maximum Gasteiger partial charge on any atom is 0.276 e. The van der Waals surface area contributed by atoms with E-state index in [4.69, 9.17) is 4.98 Å². The molecule has 0 spiro atoms. The van der Waals surface area contributed by atoms with Gasteiger partial charge in [0.05, 0.1) is 17.0 Å². The highest BCUT2D eigenvalue weighted by Crippen LogP contribution is 2.25. The molecule has 0 N–H and O–H groups in total. The first-order valence-corrected chi connectivity index (χ1v) is 11.4. The van der Waals surface area contributed by atoms with Gasteiger partial charge < -0.3 is 4.90 Å². The van der Waals surface area contributed by atoms with Gasteiger partial charge in [0.15, 0.2) is 5.16 Å². The molecule has 0 aliphatic heterocycles. The van der Waals surface area contributed by atoms with Gasteiger partial charge in [0.1, 0.15) is 4.70 Å². The third-order valence-electron chi connectivity index (χ3n) is 4.47. The van der Waals surface area contributed by atoms with Crippen LogP contribution in [-0.2, 0) is 4.79 Å².